The van der Waals surface area contributed by atoms with Gasteiger partial charge in [-0.2, -0.15) is 0 Å². The van der Waals surface area contributed by atoms with Crippen molar-refractivity contribution < 1.29 is 0 Å². The first kappa shape index (κ1) is 8.52. The van der Waals surface area contributed by atoms with Gasteiger partial charge in [0, 0.05) is 6.04 Å². The van der Waals surface area contributed by atoms with Gasteiger partial charge in [0.1, 0.15) is 0 Å². The molecule has 0 aromatic heterocycles. The second kappa shape index (κ2) is 3.35. The summed E-state index contributed by atoms with van der Waals surface area (Å²) in [7, 11) is 4.28. The quantitative estimate of drug-likeness (QED) is 0.631. The Hall–Kier alpha value is -1.08. The maximum absolute atomic E-state index is 2.28. The van der Waals surface area contributed by atoms with E-state index in [1.165, 1.54) is 11.1 Å². The van der Waals surface area contributed by atoms with Gasteiger partial charge < -0.3 is 4.90 Å². The van der Waals surface area contributed by atoms with E-state index in [4.69, 9.17) is 0 Å². The van der Waals surface area contributed by atoms with Gasteiger partial charge in [0.15, 0.2) is 0 Å². The third-order valence-electron chi connectivity index (χ3n) is 2.64. The van der Waals surface area contributed by atoms with Crippen molar-refractivity contribution in [3.05, 3.63) is 41.5 Å². The Balaban J connectivity index is 2.43. The molecule has 1 unspecified atom stereocenters. The van der Waals surface area contributed by atoms with Crippen LogP contribution in [0.2, 0.25) is 0 Å². The number of nitrogens with zero attached hydrogens (tertiary/aromatic N) is 1. The molecule has 0 heterocycles. The van der Waals surface area contributed by atoms with Crippen LogP contribution >= 0.6 is 0 Å². The Labute approximate surface area is 79.7 Å². The molecular formula is C12H15N. The molecule has 1 heteroatoms. The van der Waals surface area contributed by atoms with Gasteiger partial charge in [-0.25, -0.2) is 0 Å². The van der Waals surface area contributed by atoms with Gasteiger partial charge in [0.05, 0.1) is 0 Å². The molecule has 0 saturated heterocycles. The Kier molecular flexibility index (Phi) is 2.19. The summed E-state index contributed by atoms with van der Waals surface area (Å²) in [6.07, 6.45) is 5.60. The Morgan fingerprint density at radius 2 is 2.00 bits per heavy atom. The van der Waals surface area contributed by atoms with Crippen molar-refractivity contribution in [1.29, 1.82) is 0 Å². The van der Waals surface area contributed by atoms with E-state index in [9.17, 15) is 0 Å². The minimum Gasteiger partial charge on any atom is -0.302 e. The summed E-state index contributed by atoms with van der Waals surface area (Å²) in [4.78, 5) is 2.28. The molecule has 0 spiro atoms. The first-order valence-corrected chi connectivity index (χ1v) is 4.71. The van der Waals surface area contributed by atoms with E-state index < -0.39 is 0 Å². The smallest absolute Gasteiger partial charge is 0.0382 e. The maximum Gasteiger partial charge on any atom is 0.0382 e. The molecule has 1 aliphatic rings. The Morgan fingerprint density at radius 1 is 1.23 bits per heavy atom. The van der Waals surface area contributed by atoms with Gasteiger partial charge in [-0.1, -0.05) is 36.4 Å². The van der Waals surface area contributed by atoms with E-state index in [-0.39, 0.29) is 0 Å². The van der Waals surface area contributed by atoms with Gasteiger partial charge in [0.2, 0.25) is 0 Å². The minimum absolute atomic E-state index is 0.557. The Morgan fingerprint density at radius 3 is 2.77 bits per heavy atom. The van der Waals surface area contributed by atoms with Crippen molar-refractivity contribution >= 4 is 6.08 Å². The lowest BCUT2D eigenvalue weighted by atomic mass is 9.92. The molecule has 0 aliphatic heterocycles. The molecule has 0 bridgehead atoms. The average Bonchev–Trinajstić information content (AvgIpc) is 2.17. The van der Waals surface area contributed by atoms with Crippen LogP contribution in [0.3, 0.4) is 0 Å². The van der Waals surface area contributed by atoms with Crippen LogP contribution in [-0.2, 0) is 0 Å². The topological polar surface area (TPSA) is 3.24 Å². The van der Waals surface area contributed by atoms with Crippen molar-refractivity contribution in [2.24, 2.45) is 0 Å². The number of fused-ring (bicyclic) bond motifs is 1. The third kappa shape index (κ3) is 1.52. The lowest BCUT2D eigenvalue weighted by Gasteiger charge is -2.27. The zero-order valence-electron chi connectivity index (χ0n) is 8.20. The fraction of sp³-hybridized carbons (Fsp3) is 0.333. The van der Waals surface area contributed by atoms with Crippen LogP contribution in [-0.4, -0.2) is 19.0 Å². The highest BCUT2D eigenvalue weighted by Crippen LogP contribution is 2.30. The van der Waals surface area contributed by atoms with Gasteiger partial charge in [0.25, 0.3) is 0 Å². The standard InChI is InChI=1S/C12H15N/c1-13(2)12-9-5-7-10-6-3-4-8-11(10)12/h3-8,12H,9H2,1-2H3. The summed E-state index contributed by atoms with van der Waals surface area (Å²) in [6.45, 7) is 0. The van der Waals surface area contributed by atoms with Crippen molar-refractivity contribution in [1.82, 2.24) is 4.90 Å². The molecule has 1 aromatic carbocycles. The van der Waals surface area contributed by atoms with Crippen LogP contribution in [0.4, 0.5) is 0 Å². The van der Waals surface area contributed by atoms with E-state index in [1.807, 2.05) is 0 Å². The summed E-state index contributed by atoms with van der Waals surface area (Å²) < 4.78 is 0. The van der Waals surface area contributed by atoms with Gasteiger partial charge in [-0.05, 0) is 31.6 Å². The summed E-state index contributed by atoms with van der Waals surface area (Å²) >= 11 is 0. The molecule has 0 amide bonds. The van der Waals surface area contributed by atoms with Crippen molar-refractivity contribution in [2.45, 2.75) is 12.5 Å². The van der Waals surface area contributed by atoms with Crippen molar-refractivity contribution in [3.63, 3.8) is 0 Å². The molecule has 1 nitrogen and oxygen atoms in total. The zero-order chi connectivity index (χ0) is 9.26. The second-order valence-corrected chi connectivity index (χ2v) is 3.75. The van der Waals surface area contributed by atoms with Gasteiger partial charge in [-0.15, -0.1) is 0 Å². The van der Waals surface area contributed by atoms with Crippen LogP contribution in [0.1, 0.15) is 23.6 Å². The number of benzene rings is 1. The van der Waals surface area contributed by atoms with E-state index in [0.717, 1.165) is 6.42 Å². The third-order valence-corrected chi connectivity index (χ3v) is 2.64. The molecule has 0 radical (unpaired) electrons. The number of hydrogen-bond donors (Lipinski definition) is 0. The summed E-state index contributed by atoms with van der Waals surface area (Å²) in [5.41, 5.74) is 2.82. The van der Waals surface area contributed by atoms with Gasteiger partial charge >= 0.3 is 0 Å². The average molecular weight is 173 g/mol. The fourth-order valence-electron chi connectivity index (χ4n) is 1.91. The van der Waals surface area contributed by atoms with Crippen LogP contribution < -0.4 is 0 Å². The number of rotatable bonds is 1. The SMILES string of the molecule is CN(C)C1CC=Cc2ccccc21. The molecule has 1 aromatic rings. The first-order valence-electron chi connectivity index (χ1n) is 4.71. The highest BCUT2D eigenvalue weighted by molar-refractivity contribution is 5.57. The number of hydrogen-bond acceptors (Lipinski definition) is 1. The lowest BCUT2D eigenvalue weighted by Crippen LogP contribution is -2.21. The van der Waals surface area contributed by atoms with Crippen molar-refractivity contribution in [2.75, 3.05) is 14.1 Å². The predicted octanol–water partition coefficient (Wildman–Crippen LogP) is 2.71. The second-order valence-electron chi connectivity index (χ2n) is 3.75. The molecule has 0 saturated carbocycles. The molecule has 68 valence electrons. The molecule has 1 aliphatic carbocycles. The molecular weight excluding hydrogens is 158 g/mol. The molecule has 13 heavy (non-hydrogen) atoms. The van der Waals surface area contributed by atoms with Crippen LogP contribution in [0.25, 0.3) is 6.08 Å². The van der Waals surface area contributed by atoms with Crippen LogP contribution in [0.15, 0.2) is 30.3 Å². The van der Waals surface area contributed by atoms with Crippen molar-refractivity contribution in [3.8, 4) is 0 Å². The predicted molar refractivity (Wildman–Crippen MR) is 56.5 cm³/mol. The normalized spacial score (nSPS) is 20.4. The largest absolute Gasteiger partial charge is 0.302 e. The van der Waals surface area contributed by atoms with E-state index >= 15 is 0 Å². The maximum atomic E-state index is 2.28. The van der Waals surface area contributed by atoms with Crippen LogP contribution in [0.5, 0.6) is 0 Å². The lowest BCUT2D eigenvalue weighted by molar-refractivity contribution is 0.299. The monoisotopic (exact) mass is 173 g/mol. The molecule has 0 fully saturated rings. The van der Waals surface area contributed by atoms with E-state index in [1.54, 1.807) is 0 Å². The highest BCUT2D eigenvalue weighted by Gasteiger charge is 2.17. The molecule has 1 atom stereocenters. The van der Waals surface area contributed by atoms with Crippen LogP contribution in [0, 0.1) is 0 Å². The highest BCUT2D eigenvalue weighted by atomic mass is 15.1. The van der Waals surface area contributed by atoms with Gasteiger partial charge in [-0.3, -0.25) is 0 Å². The fourth-order valence-corrected chi connectivity index (χ4v) is 1.91. The summed E-state index contributed by atoms with van der Waals surface area (Å²) in [5.74, 6) is 0. The van der Waals surface area contributed by atoms with E-state index in [2.05, 4.69) is 55.4 Å². The summed E-state index contributed by atoms with van der Waals surface area (Å²) in [6, 6.07) is 9.18. The van der Waals surface area contributed by atoms with E-state index in [0.29, 0.717) is 6.04 Å². The summed E-state index contributed by atoms with van der Waals surface area (Å²) in [5, 5.41) is 0. The molecule has 0 N–H and O–H groups in total. The first-order chi connectivity index (χ1) is 6.29. The molecule has 2 rings (SSSR count). The Bertz CT molecular complexity index is 326. The zero-order valence-corrected chi connectivity index (χ0v) is 8.20. The minimum atomic E-state index is 0.557.